The van der Waals surface area contributed by atoms with Gasteiger partial charge in [0, 0.05) is 28.8 Å². The molecule has 0 bridgehead atoms. The van der Waals surface area contributed by atoms with Gasteiger partial charge in [-0.3, -0.25) is 4.98 Å². The predicted molar refractivity (Wildman–Crippen MR) is 156 cm³/mol. The van der Waals surface area contributed by atoms with E-state index < -0.39 is 0 Å². The zero-order chi connectivity index (χ0) is 26.6. The van der Waals surface area contributed by atoms with E-state index in [0.717, 1.165) is 51.9 Å². The lowest BCUT2D eigenvalue weighted by Gasteiger charge is -2.24. The zero-order valence-corrected chi connectivity index (χ0v) is 23.3. The molecule has 5 nitrogen and oxygen atoms in total. The van der Waals surface area contributed by atoms with Crippen LogP contribution in [0.2, 0.25) is 5.02 Å². The molecule has 0 amide bonds. The molecule has 4 aromatic rings. The van der Waals surface area contributed by atoms with E-state index in [1.165, 1.54) is 30.4 Å². The molecule has 1 atom stereocenters. The number of halogens is 1. The molecule has 1 aromatic heterocycles. The molecule has 1 aliphatic rings. The monoisotopic (exact) mass is 530 g/mol. The maximum absolute atomic E-state index is 6.85. The smallest absolute Gasteiger partial charge is 0.138 e. The van der Waals surface area contributed by atoms with Gasteiger partial charge in [0.15, 0.2) is 0 Å². The number of aromatic nitrogens is 1. The van der Waals surface area contributed by atoms with Gasteiger partial charge in [0.2, 0.25) is 0 Å². The summed E-state index contributed by atoms with van der Waals surface area (Å²) in [4.78, 5) is 4.82. The summed E-state index contributed by atoms with van der Waals surface area (Å²) in [7, 11) is 3.31. The number of benzene rings is 3. The van der Waals surface area contributed by atoms with E-state index in [1.807, 2.05) is 30.5 Å². The average Bonchev–Trinajstić information content (AvgIpc) is 2.92. The van der Waals surface area contributed by atoms with Crippen molar-refractivity contribution in [2.24, 2.45) is 0 Å². The van der Waals surface area contributed by atoms with Gasteiger partial charge in [0.1, 0.15) is 17.2 Å². The second-order valence-electron chi connectivity index (χ2n) is 10.0. The van der Waals surface area contributed by atoms with Gasteiger partial charge in [-0.05, 0) is 69.5 Å². The van der Waals surface area contributed by atoms with Crippen LogP contribution in [0, 0.1) is 13.8 Å². The Labute approximate surface area is 230 Å². The third-order valence-electron chi connectivity index (χ3n) is 7.26. The fourth-order valence-corrected chi connectivity index (χ4v) is 5.71. The normalized spacial score (nSPS) is 15.4. The lowest BCUT2D eigenvalue weighted by molar-refractivity contribution is 0.271. The molecule has 0 aliphatic carbocycles. The number of hydrogen-bond donors (Lipinski definition) is 1. The van der Waals surface area contributed by atoms with Crippen molar-refractivity contribution < 1.29 is 14.2 Å². The van der Waals surface area contributed by atoms with Crippen molar-refractivity contribution >= 4 is 22.5 Å². The summed E-state index contributed by atoms with van der Waals surface area (Å²) >= 11 is 6.85. The minimum absolute atomic E-state index is 0.490. The Bertz CT molecular complexity index is 1400. The average molecular weight is 531 g/mol. The van der Waals surface area contributed by atoms with Crippen molar-refractivity contribution in [3.05, 3.63) is 70.9 Å². The molecule has 6 heteroatoms. The minimum atomic E-state index is 0.490. The van der Waals surface area contributed by atoms with Crippen molar-refractivity contribution in [1.82, 2.24) is 10.3 Å². The minimum Gasteiger partial charge on any atom is -0.496 e. The number of methoxy groups -OCH3 is 2. The summed E-state index contributed by atoms with van der Waals surface area (Å²) in [6.45, 7) is 5.93. The molecule has 5 rings (SSSR count). The van der Waals surface area contributed by atoms with Crippen LogP contribution in [0.1, 0.15) is 36.8 Å². The molecule has 1 aliphatic heterocycles. The molecular formula is C32H35ClN2O3. The fraction of sp³-hybridized carbons (Fsp3) is 0.344. The van der Waals surface area contributed by atoms with Crippen molar-refractivity contribution in [2.45, 2.75) is 45.6 Å². The van der Waals surface area contributed by atoms with Gasteiger partial charge in [-0.25, -0.2) is 0 Å². The molecular weight excluding hydrogens is 496 g/mol. The Morgan fingerprint density at radius 3 is 2.34 bits per heavy atom. The number of pyridine rings is 1. The van der Waals surface area contributed by atoms with Crippen LogP contribution in [-0.4, -0.2) is 38.4 Å². The van der Waals surface area contributed by atoms with Gasteiger partial charge in [0.05, 0.1) is 36.9 Å². The van der Waals surface area contributed by atoms with Crippen molar-refractivity contribution in [1.29, 1.82) is 0 Å². The molecule has 3 aromatic carbocycles. The summed E-state index contributed by atoms with van der Waals surface area (Å²) in [5, 5.41) is 5.11. The van der Waals surface area contributed by atoms with Crippen molar-refractivity contribution in [3.8, 4) is 39.5 Å². The van der Waals surface area contributed by atoms with E-state index in [0.29, 0.717) is 29.2 Å². The first kappa shape index (κ1) is 26.3. The molecule has 0 radical (unpaired) electrons. The molecule has 1 unspecified atom stereocenters. The highest BCUT2D eigenvalue weighted by Gasteiger charge is 2.21. The van der Waals surface area contributed by atoms with E-state index in [9.17, 15) is 0 Å². The second kappa shape index (κ2) is 11.6. The summed E-state index contributed by atoms with van der Waals surface area (Å²) in [6.07, 6.45) is 6.57. The number of ether oxygens (including phenoxy) is 3. The first-order valence-electron chi connectivity index (χ1n) is 13.3. The first-order valence-corrected chi connectivity index (χ1v) is 13.6. The highest BCUT2D eigenvalue weighted by atomic mass is 35.5. The molecule has 38 heavy (non-hydrogen) atoms. The van der Waals surface area contributed by atoms with E-state index in [1.54, 1.807) is 14.2 Å². The predicted octanol–water partition coefficient (Wildman–Crippen LogP) is 7.77. The number of fused-ring (bicyclic) bond motifs is 1. The number of rotatable bonds is 8. The Balaban J connectivity index is 1.66. The molecule has 2 heterocycles. The van der Waals surface area contributed by atoms with Crippen LogP contribution in [0.3, 0.4) is 0 Å². The Hall–Kier alpha value is -3.28. The summed E-state index contributed by atoms with van der Waals surface area (Å²) in [6, 6.07) is 16.7. The SMILES string of the molecule is COc1cccc(OC)c1-c1cc2c(OCCC3CCCCN3)c(-c3cc(C)cc(C)c3)cnc2cc1Cl. The molecule has 0 spiro atoms. The van der Waals surface area contributed by atoms with Gasteiger partial charge >= 0.3 is 0 Å². The Kier molecular flexibility index (Phi) is 8.06. The Morgan fingerprint density at radius 2 is 1.68 bits per heavy atom. The van der Waals surface area contributed by atoms with E-state index in [4.69, 9.17) is 30.8 Å². The maximum atomic E-state index is 6.85. The molecule has 1 fully saturated rings. The van der Waals surface area contributed by atoms with Crippen LogP contribution in [-0.2, 0) is 0 Å². The van der Waals surface area contributed by atoms with Crippen LogP contribution in [0.4, 0.5) is 0 Å². The summed E-state index contributed by atoms with van der Waals surface area (Å²) < 4.78 is 18.0. The van der Waals surface area contributed by atoms with Crippen molar-refractivity contribution in [2.75, 3.05) is 27.4 Å². The van der Waals surface area contributed by atoms with Crippen LogP contribution in [0.25, 0.3) is 33.2 Å². The highest BCUT2D eigenvalue weighted by Crippen LogP contribution is 2.45. The lowest BCUT2D eigenvalue weighted by Crippen LogP contribution is -2.35. The van der Waals surface area contributed by atoms with Gasteiger partial charge in [-0.15, -0.1) is 0 Å². The first-order chi connectivity index (χ1) is 18.5. The van der Waals surface area contributed by atoms with Crippen molar-refractivity contribution in [3.63, 3.8) is 0 Å². The highest BCUT2D eigenvalue weighted by molar-refractivity contribution is 6.34. The molecule has 198 valence electrons. The number of nitrogens with one attached hydrogen (secondary N) is 1. The molecule has 1 saturated heterocycles. The zero-order valence-electron chi connectivity index (χ0n) is 22.6. The summed E-state index contributed by atoms with van der Waals surface area (Å²) in [5.74, 6) is 2.20. The lowest BCUT2D eigenvalue weighted by atomic mass is 9.97. The van der Waals surface area contributed by atoms with Gasteiger partial charge in [-0.2, -0.15) is 0 Å². The van der Waals surface area contributed by atoms with Gasteiger partial charge in [-0.1, -0.05) is 53.4 Å². The van der Waals surface area contributed by atoms with E-state index in [-0.39, 0.29) is 0 Å². The van der Waals surface area contributed by atoms with E-state index in [2.05, 4.69) is 43.4 Å². The third-order valence-corrected chi connectivity index (χ3v) is 7.58. The van der Waals surface area contributed by atoms with Crippen LogP contribution < -0.4 is 19.5 Å². The molecule has 1 N–H and O–H groups in total. The largest absolute Gasteiger partial charge is 0.496 e. The van der Waals surface area contributed by atoms with Crippen LogP contribution in [0.15, 0.2) is 54.7 Å². The number of hydrogen-bond acceptors (Lipinski definition) is 5. The molecule has 0 saturated carbocycles. The quantitative estimate of drug-likeness (QED) is 0.252. The maximum Gasteiger partial charge on any atom is 0.138 e. The van der Waals surface area contributed by atoms with Gasteiger partial charge < -0.3 is 19.5 Å². The third kappa shape index (κ3) is 5.45. The number of piperidine rings is 1. The van der Waals surface area contributed by atoms with E-state index >= 15 is 0 Å². The van der Waals surface area contributed by atoms with Crippen LogP contribution in [0.5, 0.6) is 17.2 Å². The Morgan fingerprint density at radius 1 is 0.947 bits per heavy atom. The van der Waals surface area contributed by atoms with Gasteiger partial charge in [0.25, 0.3) is 0 Å². The topological polar surface area (TPSA) is 52.6 Å². The number of aryl methyl sites for hydroxylation is 2. The fourth-order valence-electron chi connectivity index (χ4n) is 5.46. The standard InChI is InChI=1S/C32H35ClN2O3/c1-20-14-21(2)16-22(15-20)26-19-35-28-18-27(33)24(31-29(36-3)9-7-10-30(31)37-4)17-25(28)32(26)38-13-11-23-8-5-6-12-34-23/h7,9-10,14-19,23,34H,5-6,8,11-13H2,1-4H3. The summed E-state index contributed by atoms with van der Waals surface area (Å²) in [5.41, 5.74) is 6.87. The van der Waals surface area contributed by atoms with Crippen LogP contribution >= 0.6 is 11.6 Å². The second-order valence-corrected chi connectivity index (χ2v) is 10.5. The number of nitrogens with zero attached hydrogens (tertiary/aromatic N) is 1.